The van der Waals surface area contributed by atoms with Crippen LogP contribution < -0.4 is 5.56 Å². The van der Waals surface area contributed by atoms with Crippen LogP contribution in [0.3, 0.4) is 0 Å². The number of aryl methyl sites for hydroxylation is 2. The highest BCUT2D eigenvalue weighted by Crippen LogP contribution is 2.14. The maximum absolute atomic E-state index is 11.3. The van der Waals surface area contributed by atoms with Crippen molar-refractivity contribution in [1.82, 2.24) is 19.9 Å². The molecule has 6 heteroatoms. The van der Waals surface area contributed by atoms with Crippen molar-refractivity contribution in [2.45, 2.75) is 32.4 Å². The molecule has 0 bridgehead atoms. The lowest BCUT2D eigenvalue weighted by Gasteiger charge is -2.33. The first-order valence-electron chi connectivity index (χ1n) is 7.99. The number of hydrogen-bond acceptors (Lipinski definition) is 5. The van der Waals surface area contributed by atoms with Gasteiger partial charge in [0, 0.05) is 37.6 Å². The van der Waals surface area contributed by atoms with Gasteiger partial charge in [0.05, 0.1) is 24.7 Å². The average Bonchev–Trinajstić information content (AvgIpc) is 2.56. The summed E-state index contributed by atoms with van der Waals surface area (Å²) in [6.45, 7) is 5.50. The number of nitrogens with one attached hydrogen (secondary N) is 1. The van der Waals surface area contributed by atoms with Crippen LogP contribution in [0.1, 0.15) is 23.4 Å². The van der Waals surface area contributed by atoms with Crippen LogP contribution >= 0.6 is 0 Å². The van der Waals surface area contributed by atoms with E-state index in [9.17, 15) is 4.79 Å². The summed E-state index contributed by atoms with van der Waals surface area (Å²) < 4.78 is 5.85. The fourth-order valence-corrected chi connectivity index (χ4v) is 2.85. The number of morpholine rings is 1. The van der Waals surface area contributed by atoms with Crippen LogP contribution in [0.2, 0.25) is 0 Å². The van der Waals surface area contributed by atoms with Crippen LogP contribution in [0.15, 0.2) is 35.5 Å². The predicted molar refractivity (Wildman–Crippen MR) is 87.2 cm³/mol. The van der Waals surface area contributed by atoms with Gasteiger partial charge in [-0.05, 0) is 31.4 Å². The lowest BCUT2D eigenvalue weighted by atomic mass is 10.1. The summed E-state index contributed by atoms with van der Waals surface area (Å²) in [6, 6.07) is 5.62. The Morgan fingerprint density at radius 1 is 1.43 bits per heavy atom. The van der Waals surface area contributed by atoms with Crippen LogP contribution in [0.25, 0.3) is 0 Å². The lowest BCUT2D eigenvalue weighted by molar-refractivity contribution is -0.0350. The minimum absolute atomic E-state index is 0.105. The molecule has 0 unspecified atom stereocenters. The normalized spacial score (nSPS) is 18.9. The number of pyridine rings is 1. The van der Waals surface area contributed by atoms with Gasteiger partial charge in [-0.25, -0.2) is 4.98 Å². The molecule has 1 aliphatic heterocycles. The van der Waals surface area contributed by atoms with Crippen molar-refractivity contribution in [1.29, 1.82) is 0 Å². The van der Waals surface area contributed by atoms with Crippen LogP contribution in [-0.4, -0.2) is 45.7 Å². The highest BCUT2D eigenvalue weighted by molar-refractivity contribution is 5.17. The summed E-state index contributed by atoms with van der Waals surface area (Å²) in [5.41, 5.74) is 3.06. The van der Waals surface area contributed by atoms with Gasteiger partial charge in [-0.3, -0.25) is 14.7 Å². The Hall–Kier alpha value is -2.05. The quantitative estimate of drug-likeness (QED) is 0.901. The molecular weight excluding hydrogens is 292 g/mol. The summed E-state index contributed by atoms with van der Waals surface area (Å²) in [7, 11) is 0. The third-order valence-electron chi connectivity index (χ3n) is 4.17. The molecule has 3 heterocycles. The maximum atomic E-state index is 11.3. The number of aromatic amines is 1. The molecule has 1 N–H and O–H groups in total. The minimum Gasteiger partial charge on any atom is -0.376 e. The summed E-state index contributed by atoms with van der Waals surface area (Å²) >= 11 is 0. The fraction of sp³-hybridized carbons (Fsp3) is 0.471. The Kier molecular flexibility index (Phi) is 5.15. The van der Waals surface area contributed by atoms with Gasteiger partial charge < -0.3 is 9.72 Å². The zero-order valence-corrected chi connectivity index (χ0v) is 13.4. The molecule has 6 nitrogen and oxygen atoms in total. The Labute approximate surface area is 135 Å². The zero-order valence-electron chi connectivity index (χ0n) is 13.4. The molecule has 0 aromatic carbocycles. The smallest absolute Gasteiger partial charge is 0.250 e. The molecule has 122 valence electrons. The Morgan fingerprint density at radius 3 is 3.17 bits per heavy atom. The van der Waals surface area contributed by atoms with E-state index < -0.39 is 0 Å². The van der Waals surface area contributed by atoms with E-state index in [-0.39, 0.29) is 11.7 Å². The van der Waals surface area contributed by atoms with Crippen molar-refractivity contribution < 1.29 is 4.74 Å². The van der Waals surface area contributed by atoms with E-state index in [1.807, 2.05) is 12.3 Å². The Morgan fingerprint density at radius 2 is 2.35 bits per heavy atom. The third-order valence-corrected chi connectivity index (χ3v) is 4.17. The largest absolute Gasteiger partial charge is 0.376 e. The highest BCUT2D eigenvalue weighted by atomic mass is 16.5. The SMILES string of the molecule is Cc1cccnc1CN1CCO[C@@H](CCc2cc(=O)[nH]cn2)C1. The Bertz CT molecular complexity index is 701. The number of nitrogens with zero attached hydrogens (tertiary/aromatic N) is 3. The number of ether oxygens (including phenoxy) is 1. The van der Waals surface area contributed by atoms with Crippen LogP contribution in [0, 0.1) is 6.92 Å². The molecule has 23 heavy (non-hydrogen) atoms. The lowest BCUT2D eigenvalue weighted by Crippen LogP contribution is -2.42. The van der Waals surface area contributed by atoms with Crippen molar-refractivity contribution in [3.05, 3.63) is 58.0 Å². The van der Waals surface area contributed by atoms with Gasteiger partial charge in [0.1, 0.15) is 0 Å². The number of H-pyrrole nitrogens is 1. The molecule has 0 aliphatic carbocycles. The van der Waals surface area contributed by atoms with Gasteiger partial charge in [-0.15, -0.1) is 0 Å². The van der Waals surface area contributed by atoms with Gasteiger partial charge in [-0.2, -0.15) is 0 Å². The predicted octanol–water partition coefficient (Wildman–Crippen LogP) is 1.31. The van der Waals surface area contributed by atoms with Crippen molar-refractivity contribution in [2.24, 2.45) is 0 Å². The summed E-state index contributed by atoms with van der Waals surface area (Å²) in [5.74, 6) is 0. The molecule has 3 rings (SSSR count). The highest BCUT2D eigenvalue weighted by Gasteiger charge is 2.21. The molecule has 0 radical (unpaired) electrons. The Balaban J connectivity index is 1.54. The maximum Gasteiger partial charge on any atom is 0.250 e. The first-order valence-corrected chi connectivity index (χ1v) is 7.99. The molecule has 1 saturated heterocycles. The van der Waals surface area contributed by atoms with Gasteiger partial charge in [-0.1, -0.05) is 6.07 Å². The zero-order chi connectivity index (χ0) is 16.1. The van der Waals surface area contributed by atoms with Crippen LogP contribution in [-0.2, 0) is 17.7 Å². The topological polar surface area (TPSA) is 71.1 Å². The van der Waals surface area contributed by atoms with E-state index in [4.69, 9.17) is 4.74 Å². The van der Waals surface area contributed by atoms with Gasteiger partial charge >= 0.3 is 0 Å². The van der Waals surface area contributed by atoms with E-state index in [0.717, 1.165) is 50.5 Å². The monoisotopic (exact) mass is 314 g/mol. The fourth-order valence-electron chi connectivity index (χ4n) is 2.85. The second-order valence-corrected chi connectivity index (χ2v) is 5.94. The number of aromatic nitrogens is 3. The van der Waals surface area contributed by atoms with Crippen molar-refractivity contribution in [3.63, 3.8) is 0 Å². The number of rotatable bonds is 5. The summed E-state index contributed by atoms with van der Waals surface area (Å²) in [6.07, 6.45) is 5.10. The van der Waals surface area contributed by atoms with Crippen molar-refractivity contribution in [3.8, 4) is 0 Å². The molecule has 2 aromatic rings. The molecule has 0 spiro atoms. The molecule has 1 atom stereocenters. The van der Waals surface area contributed by atoms with Gasteiger partial charge in [0.2, 0.25) is 0 Å². The summed E-state index contributed by atoms with van der Waals surface area (Å²) in [4.78, 5) is 24.9. The molecule has 1 fully saturated rings. The first-order chi connectivity index (χ1) is 11.2. The number of hydrogen-bond donors (Lipinski definition) is 1. The average molecular weight is 314 g/mol. The van der Waals surface area contributed by atoms with E-state index in [0.29, 0.717) is 0 Å². The molecule has 1 aliphatic rings. The summed E-state index contributed by atoms with van der Waals surface area (Å²) in [5, 5.41) is 0. The van der Waals surface area contributed by atoms with E-state index >= 15 is 0 Å². The van der Waals surface area contributed by atoms with E-state index in [1.165, 1.54) is 11.9 Å². The molecular formula is C17H22N4O2. The van der Waals surface area contributed by atoms with E-state index in [2.05, 4.69) is 32.8 Å². The standard InChI is InChI=1S/C17H22N4O2/c1-13-3-2-6-18-16(13)11-21-7-8-23-15(10-21)5-4-14-9-17(22)20-12-19-14/h2-3,6,9,12,15H,4-5,7-8,10-11H2,1H3,(H,19,20,22)/t15-/m0/s1. The van der Waals surface area contributed by atoms with Gasteiger partial charge in [0.25, 0.3) is 5.56 Å². The molecule has 2 aromatic heterocycles. The third kappa shape index (κ3) is 4.46. The van der Waals surface area contributed by atoms with Crippen molar-refractivity contribution >= 4 is 0 Å². The van der Waals surface area contributed by atoms with Crippen LogP contribution in [0.4, 0.5) is 0 Å². The van der Waals surface area contributed by atoms with E-state index in [1.54, 1.807) is 6.07 Å². The second-order valence-electron chi connectivity index (χ2n) is 5.94. The van der Waals surface area contributed by atoms with Crippen molar-refractivity contribution in [2.75, 3.05) is 19.7 Å². The second kappa shape index (κ2) is 7.48. The van der Waals surface area contributed by atoms with Gasteiger partial charge in [0.15, 0.2) is 0 Å². The minimum atomic E-state index is -0.105. The van der Waals surface area contributed by atoms with Crippen LogP contribution in [0.5, 0.6) is 0 Å². The molecule has 0 amide bonds. The molecule has 0 saturated carbocycles. The first kappa shape index (κ1) is 15.8.